The first-order valence-corrected chi connectivity index (χ1v) is 11.1. The Morgan fingerprint density at radius 2 is 1.97 bits per heavy atom. The molecule has 0 unspecified atom stereocenters. The summed E-state index contributed by atoms with van der Waals surface area (Å²) in [5.41, 5.74) is 5.30. The molecule has 0 radical (unpaired) electrons. The Hall–Kier alpha value is -3.45. The van der Waals surface area contributed by atoms with Gasteiger partial charge in [-0.2, -0.15) is 10.2 Å². The van der Waals surface area contributed by atoms with Gasteiger partial charge < -0.3 is 4.74 Å². The summed E-state index contributed by atoms with van der Waals surface area (Å²) < 4.78 is 7.68. The largest absolute Gasteiger partial charge is 0.493 e. The van der Waals surface area contributed by atoms with E-state index in [1.165, 1.54) is 11.3 Å². The number of hydrogen-bond acceptors (Lipinski definition) is 5. The van der Waals surface area contributed by atoms with Gasteiger partial charge in [0.2, 0.25) is 0 Å². The molecule has 1 N–H and O–H groups in total. The number of ether oxygens (including phenoxy) is 1. The number of aromatic nitrogens is 2. The van der Waals surface area contributed by atoms with E-state index in [4.69, 9.17) is 4.74 Å². The highest BCUT2D eigenvalue weighted by molar-refractivity contribution is 7.20. The maximum absolute atomic E-state index is 12.7. The smallest absolute Gasteiger partial charge is 0.281 e. The van der Waals surface area contributed by atoms with Crippen molar-refractivity contribution < 1.29 is 9.53 Å². The summed E-state index contributed by atoms with van der Waals surface area (Å²) in [5.74, 6) is 0.509. The van der Waals surface area contributed by atoms with E-state index in [-0.39, 0.29) is 5.91 Å². The summed E-state index contributed by atoms with van der Waals surface area (Å²) >= 11 is 1.40. The van der Waals surface area contributed by atoms with Crippen LogP contribution < -0.4 is 10.2 Å². The number of thiophene rings is 1. The van der Waals surface area contributed by atoms with Gasteiger partial charge in [0, 0.05) is 10.9 Å². The Balaban J connectivity index is 1.50. The first-order valence-electron chi connectivity index (χ1n) is 10.3. The fourth-order valence-corrected chi connectivity index (χ4v) is 4.24. The van der Waals surface area contributed by atoms with Gasteiger partial charge in [-0.1, -0.05) is 43.7 Å². The van der Waals surface area contributed by atoms with Gasteiger partial charge in [0.1, 0.15) is 10.6 Å². The number of para-hydroxylation sites is 2. The Morgan fingerprint density at radius 1 is 1.19 bits per heavy atom. The lowest BCUT2D eigenvalue weighted by molar-refractivity contribution is 0.0959. The van der Waals surface area contributed by atoms with E-state index in [0.29, 0.717) is 11.5 Å². The average molecular weight is 433 g/mol. The minimum atomic E-state index is -0.249. The van der Waals surface area contributed by atoms with E-state index < -0.39 is 0 Å². The molecular formula is C24H24N4O2S. The highest BCUT2D eigenvalue weighted by Gasteiger charge is 2.17. The predicted octanol–water partition coefficient (Wildman–Crippen LogP) is 5.34. The molecule has 0 aliphatic rings. The van der Waals surface area contributed by atoms with Gasteiger partial charge in [-0.15, -0.1) is 11.3 Å². The molecule has 0 atom stereocenters. The normalized spacial score (nSPS) is 11.3. The molecule has 6 nitrogen and oxygen atoms in total. The van der Waals surface area contributed by atoms with Crippen LogP contribution in [0, 0.1) is 6.92 Å². The third kappa shape index (κ3) is 4.67. The molecule has 2 aromatic carbocycles. The Morgan fingerprint density at radius 3 is 2.77 bits per heavy atom. The number of hydrazone groups is 1. The second kappa shape index (κ2) is 9.57. The van der Waals surface area contributed by atoms with Crippen LogP contribution >= 0.6 is 11.3 Å². The van der Waals surface area contributed by atoms with Crippen molar-refractivity contribution in [1.29, 1.82) is 0 Å². The predicted molar refractivity (Wildman–Crippen MR) is 126 cm³/mol. The van der Waals surface area contributed by atoms with Crippen molar-refractivity contribution in [3.8, 4) is 11.4 Å². The van der Waals surface area contributed by atoms with Crippen molar-refractivity contribution in [2.45, 2.75) is 26.7 Å². The summed E-state index contributed by atoms with van der Waals surface area (Å²) in [6.45, 7) is 4.73. The molecule has 0 aliphatic heterocycles. The number of hydrogen-bond donors (Lipinski definition) is 1. The number of rotatable bonds is 8. The van der Waals surface area contributed by atoms with Crippen LogP contribution in [0.2, 0.25) is 0 Å². The summed E-state index contributed by atoms with van der Waals surface area (Å²) in [6.07, 6.45) is 3.68. The highest BCUT2D eigenvalue weighted by Crippen LogP contribution is 2.30. The number of amides is 1. The van der Waals surface area contributed by atoms with E-state index in [2.05, 4.69) is 22.5 Å². The molecule has 4 rings (SSSR count). The van der Waals surface area contributed by atoms with Crippen molar-refractivity contribution in [2.24, 2.45) is 5.10 Å². The van der Waals surface area contributed by atoms with Gasteiger partial charge in [0.25, 0.3) is 5.91 Å². The number of fused-ring (bicyclic) bond motifs is 1. The van der Waals surface area contributed by atoms with Crippen LogP contribution in [-0.4, -0.2) is 28.5 Å². The lowest BCUT2D eigenvalue weighted by Gasteiger charge is -2.07. The first kappa shape index (κ1) is 20.8. The lowest BCUT2D eigenvalue weighted by Crippen LogP contribution is -2.16. The third-order valence-electron chi connectivity index (χ3n) is 4.81. The number of nitrogens with one attached hydrogen (secondary N) is 1. The second-order valence-electron chi connectivity index (χ2n) is 7.10. The average Bonchev–Trinajstić information content (AvgIpc) is 3.36. The molecule has 0 spiro atoms. The van der Waals surface area contributed by atoms with Crippen molar-refractivity contribution >= 4 is 33.7 Å². The van der Waals surface area contributed by atoms with Crippen molar-refractivity contribution in [3.05, 3.63) is 76.8 Å². The Bertz CT molecular complexity index is 1210. The zero-order valence-electron chi connectivity index (χ0n) is 17.5. The lowest BCUT2D eigenvalue weighted by atomic mass is 10.2. The number of nitrogens with zero attached hydrogens (tertiary/aromatic N) is 3. The van der Waals surface area contributed by atoms with Crippen LogP contribution in [0.15, 0.2) is 65.8 Å². The van der Waals surface area contributed by atoms with Gasteiger partial charge in [-0.05, 0) is 43.7 Å². The van der Waals surface area contributed by atoms with E-state index in [0.717, 1.165) is 45.8 Å². The molecule has 0 saturated heterocycles. The van der Waals surface area contributed by atoms with Crippen LogP contribution in [-0.2, 0) is 0 Å². The Kier molecular flexibility index (Phi) is 6.43. The van der Waals surface area contributed by atoms with Crippen LogP contribution in [0.5, 0.6) is 5.75 Å². The summed E-state index contributed by atoms with van der Waals surface area (Å²) in [5, 5.41) is 9.73. The third-order valence-corrected chi connectivity index (χ3v) is 5.92. The van der Waals surface area contributed by atoms with Crippen molar-refractivity contribution in [1.82, 2.24) is 15.2 Å². The van der Waals surface area contributed by atoms with Crippen LogP contribution in [0.1, 0.15) is 40.7 Å². The second-order valence-corrected chi connectivity index (χ2v) is 8.13. The fraction of sp³-hybridized carbons (Fsp3) is 0.208. The molecule has 31 heavy (non-hydrogen) atoms. The molecule has 0 fully saturated rings. The Labute approximate surface area is 185 Å². The number of aryl methyl sites for hydroxylation is 1. The van der Waals surface area contributed by atoms with E-state index in [1.54, 1.807) is 6.21 Å². The quantitative estimate of drug-likeness (QED) is 0.232. The summed E-state index contributed by atoms with van der Waals surface area (Å²) in [7, 11) is 0. The summed E-state index contributed by atoms with van der Waals surface area (Å²) in [4.78, 5) is 14.2. The molecule has 0 aliphatic carbocycles. The van der Waals surface area contributed by atoms with E-state index in [9.17, 15) is 4.79 Å². The maximum atomic E-state index is 12.7. The van der Waals surface area contributed by atoms with Gasteiger partial charge >= 0.3 is 0 Å². The minimum Gasteiger partial charge on any atom is -0.493 e. The first-order chi connectivity index (χ1) is 15.2. The molecule has 158 valence electrons. The van der Waals surface area contributed by atoms with Gasteiger partial charge in [-0.25, -0.2) is 10.1 Å². The van der Waals surface area contributed by atoms with Gasteiger partial charge in [0.15, 0.2) is 0 Å². The monoisotopic (exact) mass is 432 g/mol. The minimum absolute atomic E-state index is 0.249. The van der Waals surface area contributed by atoms with Gasteiger partial charge in [0.05, 0.1) is 29.1 Å². The molecule has 7 heteroatoms. The standard InChI is InChI=1S/C24H24N4O2S/c1-3-4-14-30-21-13-9-8-10-18(21)16-25-26-23(29)22-15-20-17(2)27-28(24(20)31-22)19-11-6-5-7-12-19/h5-13,15-16H,3-4,14H2,1-2H3,(H,26,29)/b25-16+. The zero-order valence-corrected chi connectivity index (χ0v) is 18.4. The molecule has 4 aromatic rings. The summed E-state index contributed by atoms with van der Waals surface area (Å²) in [6, 6.07) is 19.4. The molecule has 1 amide bonds. The van der Waals surface area contributed by atoms with E-state index in [1.807, 2.05) is 72.3 Å². The van der Waals surface area contributed by atoms with Crippen LogP contribution in [0.25, 0.3) is 15.9 Å². The van der Waals surface area contributed by atoms with Crippen molar-refractivity contribution in [3.63, 3.8) is 0 Å². The number of carbonyl (C=O) groups excluding carboxylic acids is 1. The van der Waals surface area contributed by atoms with Crippen LogP contribution in [0.4, 0.5) is 0 Å². The number of benzene rings is 2. The van der Waals surface area contributed by atoms with Crippen molar-refractivity contribution in [2.75, 3.05) is 6.61 Å². The SMILES string of the molecule is CCCCOc1ccccc1/C=N/NC(=O)c1cc2c(C)nn(-c3ccccc3)c2s1. The highest BCUT2D eigenvalue weighted by atomic mass is 32.1. The zero-order chi connectivity index (χ0) is 21.6. The molecule has 2 heterocycles. The maximum Gasteiger partial charge on any atom is 0.281 e. The topological polar surface area (TPSA) is 68.5 Å². The van der Waals surface area contributed by atoms with Crippen LogP contribution in [0.3, 0.4) is 0 Å². The molecular weight excluding hydrogens is 408 g/mol. The molecule has 0 saturated carbocycles. The number of carbonyl (C=O) groups is 1. The fourth-order valence-electron chi connectivity index (χ4n) is 3.16. The van der Waals surface area contributed by atoms with E-state index >= 15 is 0 Å². The molecule has 0 bridgehead atoms. The number of unbranched alkanes of at least 4 members (excludes halogenated alkanes) is 1. The van der Waals surface area contributed by atoms with Gasteiger partial charge in [-0.3, -0.25) is 4.79 Å². The molecule has 2 aromatic heterocycles.